The highest BCUT2D eigenvalue weighted by Gasteiger charge is 2.44. The fraction of sp³-hybridized carbons (Fsp3) is 0.154. The van der Waals surface area contributed by atoms with Gasteiger partial charge in [-0.05, 0) is 58.0 Å². The number of hydrogen-bond donors (Lipinski definition) is 0. The van der Waals surface area contributed by atoms with Gasteiger partial charge in [-0.15, -0.1) is 0 Å². The quantitative estimate of drug-likeness (QED) is 0.187. The van der Waals surface area contributed by atoms with Crippen molar-refractivity contribution in [1.82, 2.24) is 15.0 Å². The minimum atomic E-state index is -1.22. The third kappa shape index (κ3) is 4.30. The van der Waals surface area contributed by atoms with Gasteiger partial charge in [0.25, 0.3) is 0 Å². The summed E-state index contributed by atoms with van der Waals surface area (Å²) in [6, 6.07) is 25.4. The third-order valence-corrected chi connectivity index (χ3v) is 9.47. The lowest BCUT2D eigenvalue weighted by molar-refractivity contribution is 0.163. The van der Waals surface area contributed by atoms with E-state index in [1.807, 2.05) is 24.3 Å². The molecule has 8 rings (SSSR count). The highest BCUT2D eigenvalue weighted by Crippen LogP contribution is 2.59. The molecule has 6 nitrogen and oxygen atoms in total. The molecule has 0 saturated carbocycles. The van der Waals surface area contributed by atoms with E-state index in [1.165, 1.54) is 17.7 Å². The molecule has 0 N–H and O–H groups in total. The van der Waals surface area contributed by atoms with E-state index >= 15 is 0 Å². The summed E-state index contributed by atoms with van der Waals surface area (Å²) in [6.45, 7) is 4.43. The lowest BCUT2D eigenvalue weighted by Crippen LogP contribution is -2.35. The van der Waals surface area contributed by atoms with Gasteiger partial charge in [-0.3, -0.25) is 0 Å². The molecule has 1 atom stereocenters. The summed E-state index contributed by atoms with van der Waals surface area (Å²) in [7, 11) is 3.21. The maximum atomic E-state index is 14.3. The standard InChI is InChI=1S/C39H28F3N3O3/c1-38(2)29-8-6-5-7-25(29)32-27-19-30(46-3)31(47-4)20-28(27)34-26(33(32)38)17-18-39(48-34,23-13-15-24(40)16-14-23)22-11-9-21(10-12-22)35-43-36(41)45-37(42)44-35/h5-20H,1-4H3. The number of benzene rings is 5. The topological polar surface area (TPSA) is 66.4 Å². The summed E-state index contributed by atoms with van der Waals surface area (Å²) in [4.78, 5) is 10.3. The highest BCUT2D eigenvalue weighted by atomic mass is 19.1. The summed E-state index contributed by atoms with van der Waals surface area (Å²) < 4.78 is 60.7. The molecule has 6 aromatic rings. The first-order valence-electron chi connectivity index (χ1n) is 15.3. The summed E-state index contributed by atoms with van der Waals surface area (Å²) >= 11 is 0. The van der Waals surface area contributed by atoms with Gasteiger partial charge in [-0.25, -0.2) is 4.39 Å². The van der Waals surface area contributed by atoms with Crippen molar-refractivity contribution < 1.29 is 27.4 Å². The molecule has 2 heterocycles. The van der Waals surface area contributed by atoms with Crippen LogP contribution < -0.4 is 14.2 Å². The number of halogens is 3. The molecule has 0 radical (unpaired) electrons. The molecule has 0 fully saturated rings. The van der Waals surface area contributed by atoms with Crippen LogP contribution in [0.1, 0.15) is 41.7 Å². The van der Waals surface area contributed by atoms with E-state index in [0.717, 1.165) is 33.0 Å². The Labute approximate surface area is 274 Å². The minimum Gasteiger partial charge on any atom is -0.493 e. The second kappa shape index (κ2) is 10.7. The molecule has 0 bridgehead atoms. The second-order valence-corrected chi connectivity index (χ2v) is 12.4. The first-order chi connectivity index (χ1) is 23.1. The van der Waals surface area contributed by atoms with Crippen LogP contribution in [-0.4, -0.2) is 29.2 Å². The molecule has 238 valence electrons. The van der Waals surface area contributed by atoms with Crippen LogP contribution >= 0.6 is 0 Å². The van der Waals surface area contributed by atoms with E-state index in [1.54, 1.807) is 50.6 Å². The number of hydrogen-bond acceptors (Lipinski definition) is 6. The molecule has 48 heavy (non-hydrogen) atoms. The van der Waals surface area contributed by atoms with E-state index in [0.29, 0.717) is 33.9 Å². The minimum absolute atomic E-state index is 0.141. The van der Waals surface area contributed by atoms with E-state index < -0.39 is 17.8 Å². The Balaban J connectivity index is 1.40. The zero-order valence-corrected chi connectivity index (χ0v) is 26.4. The van der Waals surface area contributed by atoms with Gasteiger partial charge < -0.3 is 14.2 Å². The van der Waals surface area contributed by atoms with Crippen molar-refractivity contribution in [3.63, 3.8) is 0 Å². The zero-order valence-electron chi connectivity index (χ0n) is 26.4. The SMILES string of the molecule is COc1cc2c3c(c4c(c2cc1OC)-c1ccccc1C4(C)C)C=CC(c1ccc(F)cc1)(c1ccc(-c2nc(F)nc(F)n2)cc1)O3. The predicted octanol–water partition coefficient (Wildman–Crippen LogP) is 8.78. The van der Waals surface area contributed by atoms with Crippen LogP contribution in [0, 0.1) is 18.0 Å². The molecule has 1 aliphatic heterocycles. The maximum absolute atomic E-state index is 14.3. The van der Waals surface area contributed by atoms with Gasteiger partial charge in [-0.2, -0.15) is 23.7 Å². The average Bonchev–Trinajstić information content (AvgIpc) is 3.34. The number of methoxy groups -OCH3 is 2. The molecular formula is C39H28F3N3O3. The Bertz CT molecular complexity index is 2280. The fourth-order valence-electron chi connectivity index (χ4n) is 7.27. The number of aromatic nitrogens is 3. The lowest BCUT2D eigenvalue weighted by Gasteiger charge is -2.38. The Morgan fingerprint density at radius 2 is 1.31 bits per heavy atom. The number of ether oxygens (including phenoxy) is 3. The van der Waals surface area contributed by atoms with Crippen LogP contribution in [0.5, 0.6) is 17.2 Å². The molecule has 1 unspecified atom stereocenters. The number of fused-ring (bicyclic) bond motifs is 8. The van der Waals surface area contributed by atoms with Crippen LogP contribution in [0.2, 0.25) is 0 Å². The molecule has 5 aromatic carbocycles. The van der Waals surface area contributed by atoms with E-state index in [2.05, 4.69) is 53.1 Å². The Morgan fingerprint density at radius 3 is 1.96 bits per heavy atom. The monoisotopic (exact) mass is 643 g/mol. The Hall–Kier alpha value is -5.70. The molecule has 1 aliphatic carbocycles. The lowest BCUT2D eigenvalue weighted by atomic mass is 9.76. The van der Waals surface area contributed by atoms with Crippen molar-refractivity contribution >= 4 is 16.8 Å². The van der Waals surface area contributed by atoms with Crippen LogP contribution in [0.15, 0.2) is 91.0 Å². The summed E-state index contributed by atoms with van der Waals surface area (Å²) in [6.07, 6.45) is 1.63. The van der Waals surface area contributed by atoms with E-state index in [9.17, 15) is 13.2 Å². The van der Waals surface area contributed by atoms with Gasteiger partial charge in [-0.1, -0.05) is 80.6 Å². The van der Waals surface area contributed by atoms with Crippen molar-refractivity contribution in [2.24, 2.45) is 0 Å². The molecular weight excluding hydrogens is 615 g/mol. The van der Waals surface area contributed by atoms with Crippen LogP contribution in [0.4, 0.5) is 13.2 Å². The van der Waals surface area contributed by atoms with E-state index in [-0.39, 0.29) is 17.1 Å². The Kier molecular flexibility index (Phi) is 6.60. The van der Waals surface area contributed by atoms with Gasteiger partial charge in [0, 0.05) is 33.1 Å². The van der Waals surface area contributed by atoms with Crippen LogP contribution in [0.25, 0.3) is 39.4 Å². The van der Waals surface area contributed by atoms with Gasteiger partial charge in [0.2, 0.25) is 0 Å². The van der Waals surface area contributed by atoms with Crippen molar-refractivity contribution in [3.05, 3.63) is 137 Å². The predicted molar refractivity (Wildman–Crippen MR) is 177 cm³/mol. The molecule has 9 heteroatoms. The highest BCUT2D eigenvalue weighted by molar-refractivity contribution is 6.09. The number of rotatable bonds is 5. The first kappa shape index (κ1) is 29.7. The Morgan fingerprint density at radius 1 is 0.708 bits per heavy atom. The molecule has 0 saturated heterocycles. The molecule has 1 aromatic heterocycles. The van der Waals surface area contributed by atoms with Gasteiger partial charge in [0.15, 0.2) is 22.9 Å². The molecule has 0 spiro atoms. The van der Waals surface area contributed by atoms with E-state index in [4.69, 9.17) is 14.2 Å². The van der Waals surface area contributed by atoms with Crippen molar-refractivity contribution in [3.8, 4) is 39.8 Å². The van der Waals surface area contributed by atoms with Crippen LogP contribution in [0.3, 0.4) is 0 Å². The fourth-order valence-corrected chi connectivity index (χ4v) is 7.27. The average molecular weight is 644 g/mol. The summed E-state index contributed by atoms with van der Waals surface area (Å²) in [5, 5.41) is 1.76. The number of nitrogens with zero attached hydrogens (tertiary/aromatic N) is 3. The largest absolute Gasteiger partial charge is 0.493 e. The smallest absolute Gasteiger partial charge is 0.314 e. The molecule has 2 aliphatic rings. The van der Waals surface area contributed by atoms with Crippen molar-refractivity contribution in [2.75, 3.05) is 14.2 Å². The third-order valence-electron chi connectivity index (χ3n) is 9.47. The maximum Gasteiger partial charge on any atom is 0.314 e. The van der Waals surface area contributed by atoms with Crippen LogP contribution in [-0.2, 0) is 11.0 Å². The van der Waals surface area contributed by atoms with Crippen molar-refractivity contribution in [1.29, 1.82) is 0 Å². The zero-order chi connectivity index (χ0) is 33.4. The molecule has 0 amide bonds. The van der Waals surface area contributed by atoms with Gasteiger partial charge >= 0.3 is 12.2 Å². The van der Waals surface area contributed by atoms with Crippen molar-refractivity contribution in [2.45, 2.75) is 24.9 Å². The summed E-state index contributed by atoms with van der Waals surface area (Å²) in [5.41, 5.74) is 5.66. The normalized spacial score (nSPS) is 17.0. The summed E-state index contributed by atoms with van der Waals surface area (Å²) in [5.74, 6) is 1.24. The van der Waals surface area contributed by atoms with Gasteiger partial charge in [0.1, 0.15) is 11.6 Å². The van der Waals surface area contributed by atoms with Gasteiger partial charge in [0.05, 0.1) is 14.2 Å². The first-order valence-corrected chi connectivity index (χ1v) is 15.3. The second-order valence-electron chi connectivity index (χ2n) is 12.4.